The molecule has 0 amide bonds. The van der Waals surface area contributed by atoms with Crippen LogP contribution in [0.5, 0.6) is 0 Å². The Kier molecular flexibility index (Phi) is 2.01. The molecule has 1 aromatic heterocycles. The Balaban J connectivity index is 1.82. The van der Waals surface area contributed by atoms with Crippen LogP contribution in [0.3, 0.4) is 0 Å². The molecule has 84 valence electrons. The molecular formula is C12H13FN2O. The van der Waals surface area contributed by atoms with E-state index in [1.807, 2.05) is 0 Å². The van der Waals surface area contributed by atoms with E-state index in [-0.39, 0.29) is 11.4 Å². The van der Waals surface area contributed by atoms with Gasteiger partial charge in [-0.2, -0.15) is 0 Å². The summed E-state index contributed by atoms with van der Waals surface area (Å²) in [4.78, 5) is 4.24. The third-order valence-electron chi connectivity index (χ3n) is 3.12. The molecule has 1 fully saturated rings. The Morgan fingerprint density at radius 3 is 3.00 bits per heavy atom. The first kappa shape index (κ1) is 9.78. The van der Waals surface area contributed by atoms with Gasteiger partial charge in [0.05, 0.1) is 0 Å². The molecule has 2 N–H and O–H groups in total. The first-order valence-corrected chi connectivity index (χ1v) is 5.49. The van der Waals surface area contributed by atoms with Gasteiger partial charge >= 0.3 is 0 Å². The van der Waals surface area contributed by atoms with Gasteiger partial charge in [0.2, 0.25) is 0 Å². The average molecular weight is 220 g/mol. The molecule has 0 atom stereocenters. The highest BCUT2D eigenvalue weighted by Crippen LogP contribution is 2.36. The molecular weight excluding hydrogens is 207 g/mol. The summed E-state index contributed by atoms with van der Waals surface area (Å²) in [5, 5.41) is 0. The summed E-state index contributed by atoms with van der Waals surface area (Å²) in [7, 11) is 0. The van der Waals surface area contributed by atoms with Crippen molar-refractivity contribution in [2.45, 2.75) is 31.2 Å². The number of nitrogens with two attached hydrogens (primary N) is 1. The Morgan fingerprint density at radius 1 is 1.44 bits per heavy atom. The molecule has 3 nitrogen and oxygen atoms in total. The van der Waals surface area contributed by atoms with Crippen LogP contribution >= 0.6 is 0 Å². The molecule has 1 saturated carbocycles. The molecule has 3 rings (SSSR count). The molecule has 16 heavy (non-hydrogen) atoms. The average Bonchev–Trinajstić information content (AvgIpc) is 2.85. The van der Waals surface area contributed by atoms with Gasteiger partial charge in [0.25, 0.3) is 0 Å². The fraction of sp³-hybridized carbons (Fsp3) is 0.417. The number of nitrogens with zero attached hydrogens (tertiary/aromatic N) is 1. The highest BCUT2D eigenvalue weighted by molar-refractivity contribution is 5.72. The van der Waals surface area contributed by atoms with Crippen molar-refractivity contribution in [2.24, 2.45) is 5.73 Å². The second-order valence-electron chi connectivity index (χ2n) is 4.58. The van der Waals surface area contributed by atoms with E-state index >= 15 is 0 Å². The van der Waals surface area contributed by atoms with Crippen molar-refractivity contribution in [3.05, 3.63) is 29.9 Å². The van der Waals surface area contributed by atoms with E-state index in [1.165, 1.54) is 12.1 Å². The summed E-state index contributed by atoms with van der Waals surface area (Å²) >= 11 is 0. The first-order chi connectivity index (χ1) is 7.65. The summed E-state index contributed by atoms with van der Waals surface area (Å²) in [6.07, 6.45) is 3.79. The standard InChI is InChI=1S/C12H13FN2O/c13-8-1-2-10-9(7-8)15-11(16-10)3-4-12(14)5-6-12/h1-2,7H,3-6,14H2. The van der Waals surface area contributed by atoms with E-state index in [2.05, 4.69) is 4.98 Å². The lowest BCUT2D eigenvalue weighted by atomic mass is 10.1. The molecule has 0 radical (unpaired) electrons. The van der Waals surface area contributed by atoms with E-state index in [0.29, 0.717) is 17.0 Å². The SMILES string of the molecule is NC1(CCc2nc3cc(F)ccc3o2)CC1. The summed E-state index contributed by atoms with van der Waals surface area (Å²) in [5.41, 5.74) is 7.21. The van der Waals surface area contributed by atoms with Crippen LogP contribution in [0.2, 0.25) is 0 Å². The van der Waals surface area contributed by atoms with Gasteiger partial charge in [-0.3, -0.25) is 0 Å². The van der Waals surface area contributed by atoms with Crippen molar-refractivity contribution in [2.75, 3.05) is 0 Å². The second kappa shape index (κ2) is 3.28. The van der Waals surface area contributed by atoms with E-state index in [1.54, 1.807) is 6.07 Å². The van der Waals surface area contributed by atoms with E-state index < -0.39 is 0 Å². The summed E-state index contributed by atoms with van der Waals surface area (Å²) in [6.45, 7) is 0. The van der Waals surface area contributed by atoms with Gasteiger partial charge in [-0.15, -0.1) is 0 Å². The molecule has 0 unspecified atom stereocenters. The van der Waals surface area contributed by atoms with Crippen molar-refractivity contribution in [1.29, 1.82) is 0 Å². The third kappa shape index (κ3) is 1.80. The van der Waals surface area contributed by atoms with Gasteiger partial charge in [-0.1, -0.05) is 0 Å². The van der Waals surface area contributed by atoms with Crippen LogP contribution in [-0.4, -0.2) is 10.5 Å². The van der Waals surface area contributed by atoms with Crippen LogP contribution in [0.1, 0.15) is 25.2 Å². The minimum Gasteiger partial charge on any atom is -0.441 e. The largest absolute Gasteiger partial charge is 0.441 e. The minimum atomic E-state index is -0.287. The summed E-state index contributed by atoms with van der Waals surface area (Å²) in [6, 6.07) is 4.37. The van der Waals surface area contributed by atoms with Gasteiger partial charge in [0, 0.05) is 18.0 Å². The van der Waals surface area contributed by atoms with E-state index in [9.17, 15) is 4.39 Å². The maximum absolute atomic E-state index is 12.9. The molecule has 1 aliphatic rings. The zero-order valence-electron chi connectivity index (χ0n) is 8.87. The number of fused-ring (bicyclic) bond motifs is 1. The predicted molar refractivity (Wildman–Crippen MR) is 58.4 cm³/mol. The highest BCUT2D eigenvalue weighted by Gasteiger charge is 2.37. The van der Waals surface area contributed by atoms with E-state index in [0.717, 1.165) is 25.7 Å². The van der Waals surface area contributed by atoms with Gasteiger partial charge in [-0.25, -0.2) is 9.37 Å². The van der Waals surface area contributed by atoms with Crippen molar-refractivity contribution in [3.8, 4) is 0 Å². The molecule has 1 aliphatic carbocycles. The van der Waals surface area contributed by atoms with Gasteiger partial charge in [-0.05, 0) is 31.4 Å². The molecule has 0 aliphatic heterocycles. The van der Waals surface area contributed by atoms with Crippen LogP contribution in [0.4, 0.5) is 4.39 Å². The lowest BCUT2D eigenvalue weighted by Crippen LogP contribution is -2.22. The quantitative estimate of drug-likeness (QED) is 0.864. The minimum absolute atomic E-state index is 0.00586. The lowest BCUT2D eigenvalue weighted by molar-refractivity contribution is 0.491. The number of oxazole rings is 1. The van der Waals surface area contributed by atoms with Crippen molar-refractivity contribution in [3.63, 3.8) is 0 Å². The third-order valence-corrected chi connectivity index (χ3v) is 3.12. The second-order valence-corrected chi connectivity index (χ2v) is 4.58. The van der Waals surface area contributed by atoms with Crippen LogP contribution in [-0.2, 0) is 6.42 Å². The van der Waals surface area contributed by atoms with Crippen molar-refractivity contribution in [1.82, 2.24) is 4.98 Å². The van der Waals surface area contributed by atoms with Crippen LogP contribution in [0, 0.1) is 5.82 Å². The van der Waals surface area contributed by atoms with Crippen molar-refractivity contribution < 1.29 is 8.81 Å². The lowest BCUT2D eigenvalue weighted by Gasteiger charge is -2.04. The number of halogens is 1. The zero-order chi connectivity index (χ0) is 11.2. The Bertz CT molecular complexity index is 531. The highest BCUT2D eigenvalue weighted by atomic mass is 19.1. The number of rotatable bonds is 3. The number of hydrogen-bond donors (Lipinski definition) is 1. The molecule has 1 aromatic carbocycles. The topological polar surface area (TPSA) is 52.0 Å². The maximum atomic E-state index is 12.9. The summed E-state index contributed by atoms with van der Waals surface area (Å²) in [5.74, 6) is 0.363. The monoisotopic (exact) mass is 220 g/mol. The van der Waals surface area contributed by atoms with Gasteiger partial charge in [0.15, 0.2) is 11.5 Å². The van der Waals surface area contributed by atoms with Crippen molar-refractivity contribution >= 4 is 11.1 Å². The fourth-order valence-electron chi connectivity index (χ4n) is 1.82. The Morgan fingerprint density at radius 2 is 2.25 bits per heavy atom. The maximum Gasteiger partial charge on any atom is 0.195 e. The molecule has 1 heterocycles. The summed E-state index contributed by atoms with van der Waals surface area (Å²) < 4.78 is 18.4. The smallest absolute Gasteiger partial charge is 0.195 e. The predicted octanol–water partition coefficient (Wildman–Crippen LogP) is 2.39. The van der Waals surface area contributed by atoms with Crippen LogP contribution in [0.25, 0.3) is 11.1 Å². The molecule has 0 bridgehead atoms. The molecule has 0 saturated heterocycles. The fourth-order valence-corrected chi connectivity index (χ4v) is 1.82. The van der Waals surface area contributed by atoms with Crippen LogP contribution < -0.4 is 5.73 Å². The number of hydrogen-bond acceptors (Lipinski definition) is 3. The first-order valence-electron chi connectivity index (χ1n) is 5.49. The molecule has 0 spiro atoms. The number of aryl methyl sites for hydroxylation is 1. The Hall–Kier alpha value is -1.42. The molecule has 4 heteroatoms. The van der Waals surface area contributed by atoms with Gasteiger partial charge < -0.3 is 10.2 Å². The molecule has 2 aromatic rings. The Labute approximate surface area is 92.5 Å². The zero-order valence-corrected chi connectivity index (χ0v) is 8.87. The normalized spacial score (nSPS) is 17.9. The number of aromatic nitrogens is 1. The van der Waals surface area contributed by atoms with Crippen LogP contribution in [0.15, 0.2) is 22.6 Å². The van der Waals surface area contributed by atoms with E-state index in [4.69, 9.17) is 10.2 Å². The van der Waals surface area contributed by atoms with Gasteiger partial charge in [0.1, 0.15) is 11.3 Å². The number of benzene rings is 1.